The molecule has 154 valence electrons. The number of hydrogen-bond donors (Lipinski definition) is 0. The lowest BCUT2D eigenvalue weighted by Crippen LogP contribution is -2.34. The first-order chi connectivity index (χ1) is 13.9. The van der Waals surface area contributed by atoms with Crippen molar-refractivity contribution in [2.75, 3.05) is 6.61 Å². The predicted molar refractivity (Wildman–Crippen MR) is 113 cm³/mol. The molecule has 0 radical (unpaired) electrons. The van der Waals surface area contributed by atoms with Crippen molar-refractivity contribution >= 4 is 23.5 Å². The molecule has 1 heterocycles. The molecule has 2 aromatic carbocycles. The van der Waals surface area contributed by atoms with Crippen LogP contribution in [0.4, 0.5) is 0 Å². The Hall–Kier alpha value is -2.15. The Bertz CT molecular complexity index is 831. The Morgan fingerprint density at radius 2 is 1.48 bits per heavy atom. The zero-order valence-electron chi connectivity index (χ0n) is 16.9. The van der Waals surface area contributed by atoms with Crippen LogP contribution < -0.4 is 0 Å². The number of benzene rings is 2. The first kappa shape index (κ1) is 21.6. The van der Waals surface area contributed by atoms with E-state index in [4.69, 9.17) is 14.2 Å². The minimum Gasteiger partial charge on any atom is -0.443 e. The molecule has 0 saturated carbocycles. The summed E-state index contributed by atoms with van der Waals surface area (Å²) in [5, 5.41) is -0.234. The Morgan fingerprint density at radius 1 is 0.931 bits per heavy atom. The van der Waals surface area contributed by atoms with Crippen molar-refractivity contribution in [3.63, 3.8) is 0 Å². The molecule has 5 nitrogen and oxygen atoms in total. The third kappa shape index (κ3) is 6.16. The van der Waals surface area contributed by atoms with Gasteiger partial charge < -0.3 is 14.2 Å². The molecule has 3 atom stereocenters. The summed E-state index contributed by atoms with van der Waals surface area (Å²) in [4.78, 5) is 24.1. The fraction of sp³-hybridized carbons (Fsp3) is 0.391. The zero-order chi connectivity index (χ0) is 20.8. The van der Waals surface area contributed by atoms with E-state index in [9.17, 15) is 9.59 Å². The normalized spacial score (nSPS) is 21.3. The van der Waals surface area contributed by atoms with Crippen LogP contribution in [0.15, 0.2) is 48.5 Å². The molecule has 1 aliphatic heterocycles. The van der Waals surface area contributed by atoms with Crippen LogP contribution in [0, 0.1) is 13.8 Å². The van der Waals surface area contributed by atoms with Crippen molar-refractivity contribution in [2.24, 2.45) is 0 Å². The third-order valence-corrected chi connectivity index (χ3v) is 5.95. The van der Waals surface area contributed by atoms with E-state index in [0.29, 0.717) is 19.8 Å². The van der Waals surface area contributed by atoms with Crippen molar-refractivity contribution in [3.8, 4) is 0 Å². The fourth-order valence-corrected chi connectivity index (χ4v) is 4.32. The first-order valence-corrected chi connectivity index (χ1v) is 10.5. The van der Waals surface area contributed by atoms with Crippen molar-refractivity contribution in [1.82, 2.24) is 0 Å². The van der Waals surface area contributed by atoms with Gasteiger partial charge in [0.2, 0.25) is 11.2 Å². The van der Waals surface area contributed by atoms with Crippen LogP contribution in [-0.2, 0) is 37.0 Å². The largest absolute Gasteiger partial charge is 0.443 e. The average Bonchev–Trinajstić information content (AvgIpc) is 2.97. The molecular formula is C23H26O5S. The summed E-state index contributed by atoms with van der Waals surface area (Å²) in [5.74, 6) is -0.699. The predicted octanol–water partition coefficient (Wildman–Crippen LogP) is 3.98. The quantitative estimate of drug-likeness (QED) is 0.609. The smallest absolute Gasteiger partial charge is 0.304 e. The van der Waals surface area contributed by atoms with Crippen molar-refractivity contribution < 1.29 is 23.8 Å². The summed E-state index contributed by atoms with van der Waals surface area (Å²) in [6.07, 6.45) is -0.677. The Labute approximate surface area is 175 Å². The van der Waals surface area contributed by atoms with Crippen LogP contribution in [0.1, 0.15) is 29.2 Å². The minimum absolute atomic E-state index is 0.221. The van der Waals surface area contributed by atoms with Gasteiger partial charge in [-0.2, -0.15) is 0 Å². The highest BCUT2D eigenvalue weighted by molar-refractivity contribution is 8.01. The van der Waals surface area contributed by atoms with Gasteiger partial charge in [0.15, 0.2) is 0 Å². The first-order valence-electron chi connectivity index (χ1n) is 9.59. The Kier molecular flexibility index (Phi) is 7.47. The summed E-state index contributed by atoms with van der Waals surface area (Å²) in [6.45, 7) is 6.47. The van der Waals surface area contributed by atoms with E-state index >= 15 is 0 Å². The summed E-state index contributed by atoms with van der Waals surface area (Å²) >= 11 is 1.29. The molecule has 6 heteroatoms. The summed E-state index contributed by atoms with van der Waals surface area (Å²) in [7, 11) is 0. The number of carbonyl (C=O) groups excluding carboxylic acids is 2. The van der Waals surface area contributed by atoms with Crippen LogP contribution >= 0.6 is 11.8 Å². The number of Topliss-reactive ketones (excluding diaryl/α,β-unsaturated/α-hetero) is 1. The monoisotopic (exact) mass is 414 g/mol. The van der Waals surface area contributed by atoms with E-state index < -0.39 is 17.5 Å². The number of ether oxygens (including phenoxy) is 3. The second-order valence-electron chi connectivity index (χ2n) is 7.24. The zero-order valence-corrected chi connectivity index (χ0v) is 17.7. The second-order valence-corrected chi connectivity index (χ2v) is 8.54. The van der Waals surface area contributed by atoms with Gasteiger partial charge in [-0.15, -0.1) is 11.8 Å². The molecule has 0 amide bonds. The number of hydrogen-bond acceptors (Lipinski definition) is 6. The minimum atomic E-state index is -0.844. The van der Waals surface area contributed by atoms with E-state index in [1.54, 1.807) is 0 Å². The van der Waals surface area contributed by atoms with E-state index in [1.165, 1.54) is 29.8 Å². The number of thioether (sulfide) groups is 1. The van der Waals surface area contributed by atoms with Crippen LogP contribution in [0.25, 0.3) is 0 Å². The number of esters is 1. The molecular weight excluding hydrogens is 388 g/mol. The van der Waals surface area contributed by atoms with Crippen LogP contribution in [0.2, 0.25) is 0 Å². The number of ketones is 1. The van der Waals surface area contributed by atoms with Gasteiger partial charge in [-0.3, -0.25) is 9.59 Å². The maximum atomic E-state index is 12.7. The molecule has 1 saturated heterocycles. The number of aryl methyl sites for hydroxylation is 2. The molecule has 0 aliphatic carbocycles. The van der Waals surface area contributed by atoms with Crippen molar-refractivity contribution in [2.45, 2.75) is 50.8 Å². The standard InChI is InChI=1S/C23H26O5S/c1-15-4-8-18(9-5-15)12-26-14-20-22(21(25)23(29-20)28-17(3)24)27-13-19-10-6-16(2)7-11-19/h4-11,20,22-23H,12-14H2,1-3H3/t20-,22-,23?/m1/s1. The van der Waals surface area contributed by atoms with E-state index in [-0.39, 0.29) is 11.0 Å². The summed E-state index contributed by atoms with van der Waals surface area (Å²) in [6, 6.07) is 16.1. The molecule has 1 aliphatic rings. The van der Waals surface area contributed by atoms with E-state index in [2.05, 4.69) is 0 Å². The van der Waals surface area contributed by atoms with Crippen LogP contribution in [0.3, 0.4) is 0 Å². The van der Waals surface area contributed by atoms with Crippen molar-refractivity contribution in [3.05, 3.63) is 70.8 Å². The Morgan fingerprint density at radius 3 is 2.03 bits per heavy atom. The third-order valence-electron chi connectivity index (χ3n) is 4.64. The highest BCUT2D eigenvalue weighted by Gasteiger charge is 2.45. The second kappa shape index (κ2) is 10.1. The van der Waals surface area contributed by atoms with E-state index in [1.807, 2.05) is 62.4 Å². The average molecular weight is 415 g/mol. The molecule has 1 fully saturated rings. The van der Waals surface area contributed by atoms with Gasteiger partial charge in [0.05, 0.1) is 25.1 Å². The van der Waals surface area contributed by atoms with Crippen LogP contribution in [-0.4, -0.2) is 35.1 Å². The lowest BCUT2D eigenvalue weighted by atomic mass is 10.1. The Balaban J connectivity index is 1.60. The van der Waals surface area contributed by atoms with E-state index in [0.717, 1.165) is 11.1 Å². The summed E-state index contributed by atoms with van der Waals surface area (Å²) < 4.78 is 17.0. The molecule has 0 spiro atoms. The highest BCUT2D eigenvalue weighted by atomic mass is 32.2. The molecule has 1 unspecified atom stereocenters. The van der Waals surface area contributed by atoms with Gasteiger partial charge >= 0.3 is 5.97 Å². The SMILES string of the molecule is CC(=O)OC1S[C@H](COCc2ccc(C)cc2)[C@@H](OCc2ccc(C)cc2)C1=O. The van der Waals surface area contributed by atoms with Gasteiger partial charge in [-0.1, -0.05) is 59.7 Å². The van der Waals surface area contributed by atoms with Gasteiger partial charge in [-0.05, 0) is 25.0 Å². The highest BCUT2D eigenvalue weighted by Crippen LogP contribution is 2.35. The fourth-order valence-electron chi connectivity index (χ4n) is 3.01. The maximum absolute atomic E-state index is 12.7. The van der Waals surface area contributed by atoms with Gasteiger partial charge in [-0.25, -0.2) is 0 Å². The van der Waals surface area contributed by atoms with Gasteiger partial charge in [0.25, 0.3) is 0 Å². The van der Waals surface area contributed by atoms with Crippen molar-refractivity contribution in [1.29, 1.82) is 0 Å². The lowest BCUT2D eigenvalue weighted by molar-refractivity contribution is -0.151. The molecule has 0 N–H and O–H groups in total. The van der Waals surface area contributed by atoms with Gasteiger partial charge in [0.1, 0.15) is 6.10 Å². The number of rotatable bonds is 8. The molecule has 0 aromatic heterocycles. The molecule has 29 heavy (non-hydrogen) atoms. The maximum Gasteiger partial charge on any atom is 0.304 e. The number of carbonyl (C=O) groups is 2. The molecule has 0 bridgehead atoms. The topological polar surface area (TPSA) is 61.8 Å². The van der Waals surface area contributed by atoms with Gasteiger partial charge in [0, 0.05) is 6.92 Å². The lowest BCUT2D eigenvalue weighted by Gasteiger charge is -2.18. The molecule has 2 aromatic rings. The summed E-state index contributed by atoms with van der Waals surface area (Å²) in [5.41, 5.74) is 3.57. The van der Waals surface area contributed by atoms with Crippen LogP contribution in [0.5, 0.6) is 0 Å². The molecule has 3 rings (SSSR count).